The number of ketones is 1. The molecule has 4 rings (SSSR count). The van der Waals surface area contributed by atoms with Crippen LogP contribution in [0.3, 0.4) is 0 Å². The van der Waals surface area contributed by atoms with Crippen molar-refractivity contribution in [2.24, 2.45) is 34.0 Å². The number of Topliss-reactive ketones (excluding diaryl/α,β-unsaturated/α-hetero) is 1. The molecule has 1 spiro atoms. The highest BCUT2D eigenvalue weighted by molar-refractivity contribution is 6.03. The summed E-state index contributed by atoms with van der Waals surface area (Å²) in [6.07, 6.45) is 7.18. The summed E-state index contributed by atoms with van der Waals surface area (Å²) in [4.78, 5) is 13.1. The molecule has 122 valence electrons. The van der Waals surface area contributed by atoms with E-state index in [1.807, 2.05) is 0 Å². The molecule has 2 bridgehead atoms. The van der Waals surface area contributed by atoms with Crippen LogP contribution in [0.4, 0.5) is 0 Å². The molecule has 2 nitrogen and oxygen atoms in total. The van der Waals surface area contributed by atoms with Gasteiger partial charge in [0.1, 0.15) is 0 Å². The van der Waals surface area contributed by atoms with Crippen LogP contribution in [0, 0.1) is 34.0 Å². The van der Waals surface area contributed by atoms with Gasteiger partial charge in [-0.3, -0.25) is 4.79 Å². The van der Waals surface area contributed by atoms with Gasteiger partial charge in [-0.2, -0.15) is 0 Å². The summed E-state index contributed by atoms with van der Waals surface area (Å²) >= 11 is 0. The molecule has 0 aliphatic heterocycles. The molecule has 1 N–H and O–H groups in total. The van der Waals surface area contributed by atoms with Gasteiger partial charge in [0.25, 0.3) is 0 Å². The first kappa shape index (κ1) is 14.9. The van der Waals surface area contributed by atoms with Crippen molar-refractivity contribution in [3.63, 3.8) is 0 Å². The fourth-order valence-electron chi connectivity index (χ4n) is 7.35. The largest absolute Gasteiger partial charge is 0.392 e. The number of hydrogen-bond acceptors (Lipinski definition) is 2. The van der Waals surface area contributed by atoms with Crippen LogP contribution in [0.2, 0.25) is 0 Å². The zero-order valence-electron chi connectivity index (χ0n) is 14.3. The summed E-state index contributed by atoms with van der Waals surface area (Å²) in [7, 11) is 0. The Morgan fingerprint density at radius 3 is 2.59 bits per heavy atom. The zero-order valence-corrected chi connectivity index (χ0v) is 14.3. The van der Waals surface area contributed by atoms with Crippen LogP contribution in [0.25, 0.3) is 0 Å². The summed E-state index contributed by atoms with van der Waals surface area (Å²) < 4.78 is 0. The second-order valence-corrected chi connectivity index (χ2v) is 9.58. The average Bonchev–Trinajstić information content (AvgIpc) is 2.64. The fraction of sp³-hybridized carbons (Fsp3) is 0.850. The molecule has 0 aromatic carbocycles. The van der Waals surface area contributed by atoms with E-state index in [9.17, 15) is 9.90 Å². The minimum atomic E-state index is -0.487. The van der Waals surface area contributed by atoms with Crippen molar-refractivity contribution in [2.75, 3.05) is 0 Å². The van der Waals surface area contributed by atoms with Gasteiger partial charge in [0.05, 0.1) is 11.5 Å². The monoisotopic (exact) mass is 302 g/mol. The molecule has 6 atom stereocenters. The lowest BCUT2D eigenvalue weighted by atomic mass is 9.40. The summed E-state index contributed by atoms with van der Waals surface area (Å²) in [5.41, 5.74) is 0.828. The van der Waals surface area contributed by atoms with Gasteiger partial charge in [-0.15, -0.1) is 0 Å². The maximum absolute atomic E-state index is 13.1. The van der Waals surface area contributed by atoms with Gasteiger partial charge in [-0.1, -0.05) is 33.8 Å². The van der Waals surface area contributed by atoms with Crippen molar-refractivity contribution in [3.05, 3.63) is 12.2 Å². The molecular formula is C20H30O2. The first-order valence-electron chi connectivity index (χ1n) is 9.15. The van der Waals surface area contributed by atoms with Crippen LogP contribution in [0.1, 0.15) is 65.7 Å². The summed E-state index contributed by atoms with van der Waals surface area (Å²) in [6.45, 7) is 11.3. The van der Waals surface area contributed by atoms with E-state index < -0.39 is 11.5 Å². The summed E-state index contributed by atoms with van der Waals surface area (Å²) in [5, 5.41) is 11.1. The Balaban J connectivity index is 1.84. The number of aliphatic hydroxyl groups excluding tert-OH is 1. The SMILES string of the molecule is C=C1C(=O)[C@]23C[C@@H]1CC[C@H]2[C@]1(C)CCCC(C)(C)[C@H]1C[C@@H]3O. The van der Waals surface area contributed by atoms with Crippen molar-refractivity contribution in [2.45, 2.75) is 71.8 Å². The van der Waals surface area contributed by atoms with E-state index in [0.29, 0.717) is 17.8 Å². The van der Waals surface area contributed by atoms with Crippen LogP contribution in [-0.4, -0.2) is 17.0 Å². The molecule has 0 heterocycles. The summed E-state index contributed by atoms with van der Waals surface area (Å²) in [6, 6.07) is 0. The number of carbonyl (C=O) groups is 1. The van der Waals surface area contributed by atoms with Gasteiger partial charge < -0.3 is 5.11 Å². The zero-order chi connectivity index (χ0) is 15.9. The van der Waals surface area contributed by atoms with E-state index in [1.165, 1.54) is 19.3 Å². The van der Waals surface area contributed by atoms with Gasteiger partial charge in [-0.25, -0.2) is 0 Å². The Kier molecular flexibility index (Phi) is 2.89. The molecule has 0 unspecified atom stereocenters. The Labute approximate surface area is 134 Å². The van der Waals surface area contributed by atoms with E-state index in [2.05, 4.69) is 27.4 Å². The van der Waals surface area contributed by atoms with Gasteiger partial charge in [-0.05, 0) is 72.7 Å². The highest BCUT2D eigenvalue weighted by atomic mass is 16.3. The second kappa shape index (κ2) is 4.26. The predicted molar refractivity (Wildman–Crippen MR) is 87.3 cm³/mol. The third kappa shape index (κ3) is 1.53. The molecule has 0 radical (unpaired) electrons. The van der Waals surface area contributed by atoms with Crippen LogP contribution < -0.4 is 0 Å². The Morgan fingerprint density at radius 1 is 1.14 bits per heavy atom. The van der Waals surface area contributed by atoms with Gasteiger partial charge >= 0.3 is 0 Å². The number of allylic oxidation sites excluding steroid dienone is 1. The minimum absolute atomic E-state index is 0.215. The number of carbonyl (C=O) groups excluding carboxylic acids is 1. The second-order valence-electron chi connectivity index (χ2n) is 9.58. The van der Waals surface area contributed by atoms with E-state index in [1.54, 1.807) is 0 Å². The van der Waals surface area contributed by atoms with Crippen molar-refractivity contribution in [1.29, 1.82) is 0 Å². The maximum Gasteiger partial charge on any atom is 0.167 e. The van der Waals surface area contributed by atoms with E-state index in [0.717, 1.165) is 31.3 Å². The van der Waals surface area contributed by atoms with E-state index >= 15 is 0 Å². The van der Waals surface area contributed by atoms with Gasteiger partial charge in [0, 0.05) is 0 Å². The van der Waals surface area contributed by atoms with Gasteiger partial charge in [0.2, 0.25) is 0 Å². The lowest BCUT2D eigenvalue weighted by Gasteiger charge is -2.64. The Morgan fingerprint density at radius 2 is 1.86 bits per heavy atom. The number of fused-ring (bicyclic) bond motifs is 3. The molecule has 2 heteroatoms. The standard InChI is InChI=1S/C20H30O2/c1-12-13-6-7-14-19(4)9-5-8-18(2,3)15(19)10-16(21)20(14,11-13)17(12)22/h13-16,21H,1,5-11H2,2-4H3/t13-,14-,15+,16-,19-,20+/m0/s1. The Bertz CT molecular complexity index is 548. The maximum atomic E-state index is 13.1. The molecule has 0 amide bonds. The molecule has 4 aliphatic carbocycles. The highest BCUT2D eigenvalue weighted by Crippen LogP contribution is 2.70. The Hall–Kier alpha value is -0.630. The fourth-order valence-corrected chi connectivity index (χ4v) is 7.35. The lowest BCUT2D eigenvalue weighted by Crippen LogP contribution is -2.63. The normalized spacial score (nSPS) is 53.1. The molecule has 0 aromatic heterocycles. The van der Waals surface area contributed by atoms with Crippen LogP contribution in [0.15, 0.2) is 12.2 Å². The van der Waals surface area contributed by atoms with Crippen LogP contribution >= 0.6 is 0 Å². The van der Waals surface area contributed by atoms with Crippen molar-refractivity contribution in [1.82, 2.24) is 0 Å². The lowest BCUT2D eigenvalue weighted by molar-refractivity contribution is -0.197. The number of hydrogen-bond donors (Lipinski definition) is 1. The van der Waals surface area contributed by atoms with Gasteiger partial charge in [0.15, 0.2) is 5.78 Å². The number of aliphatic hydroxyl groups is 1. The topological polar surface area (TPSA) is 37.3 Å². The van der Waals surface area contributed by atoms with Crippen LogP contribution in [-0.2, 0) is 4.79 Å². The third-order valence-corrected chi connectivity index (χ3v) is 8.34. The first-order chi connectivity index (χ1) is 10.2. The molecular weight excluding hydrogens is 272 g/mol. The van der Waals surface area contributed by atoms with Crippen molar-refractivity contribution >= 4 is 5.78 Å². The molecule has 4 fully saturated rings. The van der Waals surface area contributed by atoms with E-state index in [-0.39, 0.29) is 16.6 Å². The molecule has 4 saturated carbocycles. The number of rotatable bonds is 0. The molecule has 0 saturated heterocycles. The van der Waals surface area contributed by atoms with E-state index in [4.69, 9.17) is 0 Å². The quantitative estimate of drug-likeness (QED) is 0.683. The third-order valence-electron chi connectivity index (χ3n) is 8.34. The highest BCUT2D eigenvalue weighted by Gasteiger charge is 2.69. The average molecular weight is 302 g/mol. The molecule has 4 aliphatic rings. The first-order valence-corrected chi connectivity index (χ1v) is 9.15. The van der Waals surface area contributed by atoms with Crippen LogP contribution in [0.5, 0.6) is 0 Å². The summed E-state index contributed by atoms with van der Waals surface area (Å²) in [5.74, 6) is 1.46. The molecule has 22 heavy (non-hydrogen) atoms. The minimum Gasteiger partial charge on any atom is -0.392 e. The smallest absolute Gasteiger partial charge is 0.167 e. The van der Waals surface area contributed by atoms with Crippen molar-refractivity contribution < 1.29 is 9.90 Å². The predicted octanol–water partition coefficient (Wildman–Crippen LogP) is 4.13. The van der Waals surface area contributed by atoms with Crippen molar-refractivity contribution in [3.8, 4) is 0 Å². The molecule has 0 aromatic rings.